The van der Waals surface area contributed by atoms with Crippen molar-refractivity contribution in [1.82, 2.24) is 9.13 Å². The minimum absolute atomic E-state index is 0.0559. The first-order valence-corrected chi connectivity index (χ1v) is 36.6. The number of nitrogens with zero attached hydrogens (tertiary/aromatic N) is 4. The van der Waals surface area contributed by atoms with Crippen molar-refractivity contribution < 1.29 is 8.83 Å². The van der Waals surface area contributed by atoms with E-state index in [4.69, 9.17) is 8.83 Å². The summed E-state index contributed by atoms with van der Waals surface area (Å²) in [6, 6.07) is 107. The van der Waals surface area contributed by atoms with Crippen molar-refractivity contribution in [2.24, 2.45) is 0 Å². The van der Waals surface area contributed by atoms with E-state index in [1.165, 1.54) is 43.8 Å². The zero-order valence-electron chi connectivity index (χ0n) is 61.3. The molecule has 18 rings (SSSR count). The smallest absolute Gasteiger partial charge is 0.137 e. The summed E-state index contributed by atoms with van der Waals surface area (Å²) >= 11 is 0. The number of aromatic nitrogens is 2. The molecule has 0 unspecified atom stereocenters. The Kier molecular flexibility index (Phi) is 14.7. The summed E-state index contributed by atoms with van der Waals surface area (Å²) < 4.78 is 19.8. The highest BCUT2D eigenvalue weighted by molar-refractivity contribution is 6.29. The predicted octanol–water partition coefficient (Wildman–Crippen LogP) is 28.3. The van der Waals surface area contributed by atoms with Crippen molar-refractivity contribution in [2.75, 3.05) is 9.80 Å². The Hall–Kier alpha value is -11.9. The second-order valence-electron chi connectivity index (χ2n) is 32.6. The van der Waals surface area contributed by atoms with Gasteiger partial charge in [0, 0.05) is 100 Å². The molecule has 0 bridgehead atoms. The molecule has 18 aromatic rings. The molecule has 0 spiro atoms. The van der Waals surface area contributed by atoms with Crippen LogP contribution in [0.2, 0.25) is 0 Å². The van der Waals surface area contributed by atoms with Crippen LogP contribution >= 0.6 is 0 Å². The number of hydrogen-bond donors (Lipinski definition) is 0. The van der Waals surface area contributed by atoms with Crippen LogP contribution in [0.25, 0.3) is 132 Å². The fourth-order valence-electron chi connectivity index (χ4n) is 16.3. The van der Waals surface area contributed by atoms with Gasteiger partial charge in [0.15, 0.2) is 0 Å². The number of hydrogen-bond acceptors (Lipinski definition) is 4. The zero-order chi connectivity index (χ0) is 71.3. The minimum atomic E-state index is -0.0559. The van der Waals surface area contributed by atoms with Gasteiger partial charge in [-0.05, 0) is 187 Å². The second-order valence-corrected chi connectivity index (χ2v) is 32.6. The predicted molar refractivity (Wildman–Crippen MR) is 442 cm³/mol. The standard InChI is InChI=1S/C98H84N4O2/c1-95(2,3)63-51-64(96(4,5)6)54-71(53-63)101-79-41-27-25-39-73(79)91-81(43-29-45-83(91)101)99(67-35-21-15-22-36-67)69-47-49-75-85(57-69)103-87-59-77-78(89(93(75)87)61-31-17-13-18-32-61)60-88-94(90(77)62-33-19-14-20-34-62)76-50-48-70(58-86(76)104-88)100(68-37-23-16-24-38-68)82-44-30-46-84-92(82)74-40-26-28-42-80(74)102(84)72-55-65(97(7,8)9)52-66(56-72)98(10,11)12/h13-60H,1-12H3. The van der Waals surface area contributed by atoms with Crippen molar-refractivity contribution >= 4 is 132 Å². The fraction of sp³-hybridized carbons (Fsp3) is 0.163. The van der Waals surface area contributed by atoms with Crippen LogP contribution in [0.1, 0.15) is 105 Å². The minimum Gasteiger partial charge on any atom is -0.456 e. The van der Waals surface area contributed by atoms with Gasteiger partial charge in [-0.1, -0.05) is 241 Å². The molecule has 0 radical (unpaired) electrons. The molecule has 104 heavy (non-hydrogen) atoms. The number of benzene rings is 14. The van der Waals surface area contributed by atoms with Crippen molar-refractivity contribution in [1.29, 1.82) is 0 Å². The summed E-state index contributed by atoms with van der Waals surface area (Å²) in [4.78, 5) is 4.83. The number of furan rings is 2. The van der Waals surface area contributed by atoms with Gasteiger partial charge in [0.1, 0.15) is 22.3 Å². The molecule has 4 aromatic heterocycles. The summed E-state index contributed by atoms with van der Waals surface area (Å²) in [6.45, 7) is 27.8. The van der Waals surface area contributed by atoms with E-state index in [-0.39, 0.29) is 21.7 Å². The van der Waals surface area contributed by atoms with Crippen LogP contribution in [0.4, 0.5) is 34.1 Å². The fourth-order valence-corrected chi connectivity index (χ4v) is 16.3. The SMILES string of the molecule is CC(C)(C)c1cc(-n2c3ccccc3c3c(N(c4ccccc4)c4ccc5c(c4)oc4cc6c(-c7ccccc7)c7c(cc6c(-c6ccccc6)c45)oc4cc(N(c5ccccc5)c5cccc6c5c5ccccc5n6-c5cc(C(C)(C)C)cc(C(C)(C)C)c5)ccc47)cccc32)cc(C(C)(C)C)c1. The van der Waals surface area contributed by atoms with Gasteiger partial charge < -0.3 is 27.8 Å². The molecule has 0 aliphatic carbocycles. The Balaban J connectivity index is 0.834. The molecule has 6 heteroatoms. The Morgan fingerprint density at radius 2 is 0.567 bits per heavy atom. The Labute approximate surface area is 608 Å². The molecule has 14 aromatic carbocycles. The van der Waals surface area contributed by atoms with E-state index < -0.39 is 0 Å². The molecule has 0 saturated carbocycles. The lowest BCUT2D eigenvalue weighted by Crippen LogP contribution is -2.17. The van der Waals surface area contributed by atoms with E-state index in [1.807, 2.05) is 0 Å². The Morgan fingerprint density at radius 3 is 0.923 bits per heavy atom. The van der Waals surface area contributed by atoms with Crippen LogP contribution in [-0.4, -0.2) is 9.13 Å². The summed E-state index contributed by atoms with van der Waals surface area (Å²) in [5.74, 6) is 0. The molecule has 508 valence electrons. The first-order valence-electron chi connectivity index (χ1n) is 36.6. The van der Waals surface area contributed by atoms with Crippen LogP contribution in [0, 0.1) is 0 Å². The third kappa shape index (κ3) is 10.6. The van der Waals surface area contributed by atoms with E-state index in [2.05, 4.69) is 393 Å². The number of fused-ring (bicyclic) bond motifs is 13. The van der Waals surface area contributed by atoms with Gasteiger partial charge >= 0.3 is 0 Å². The first kappa shape index (κ1) is 64.3. The Bertz CT molecular complexity index is 5980. The molecule has 0 saturated heterocycles. The monoisotopic (exact) mass is 1350 g/mol. The molecule has 0 atom stereocenters. The second kappa shape index (κ2) is 23.9. The highest BCUT2D eigenvalue weighted by atomic mass is 16.3. The topological polar surface area (TPSA) is 42.6 Å². The lowest BCUT2D eigenvalue weighted by molar-refractivity contribution is 0.567. The van der Waals surface area contributed by atoms with Gasteiger partial charge in [-0.25, -0.2) is 0 Å². The molecular formula is C98H84N4O2. The number of anilines is 6. The van der Waals surface area contributed by atoms with E-state index in [0.29, 0.717) is 0 Å². The summed E-state index contributed by atoms with van der Waals surface area (Å²) in [7, 11) is 0. The summed E-state index contributed by atoms with van der Waals surface area (Å²) in [6.07, 6.45) is 0. The number of para-hydroxylation sites is 4. The third-order valence-electron chi connectivity index (χ3n) is 21.6. The van der Waals surface area contributed by atoms with Crippen molar-refractivity contribution in [3.05, 3.63) is 313 Å². The quantitative estimate of drug-likeness (QED) is 0.137. The zero-order valence-corrected chi connectivity index (χ0v) is 61.3. The normalized spacial score (nSPS) is 12.6. The van der Waals surface area contributed by atoms with Gasteiger partial charge in [-0.3, -0.25) is 0 Å². The van der Waals surface area contributed by atoms with Gasteiger partial charge in [0.2, 0.25) is 0 Å². The van der Waals surface area contributed by atoms with Crippen molar-refractivity contribution in [2.45, 2.75) is 105 Å². The van der Waals surface area contributed by atoms with Crippen molar-refractivity contribution in [3.63, 3.8) is 0 Å². The maximum Gasteiger partial charge on any atom is 0.137 e. The van der Waals surface area contributed by atoms with Crippen LogP contribution in [0.5, 0.6) is 0 Å². The molecule has 0 aliphatic rings. The molecule has 4 heterocycles. The maximum atomic E-state index is 7.44. The van der Waals surface area contributed by atoms with E-state index in [9.17, 15) is 0 Å². The largest absolute Gasteiger partial charge is 0.456 e. The summed E-state index contributed by atoms with van der Waals surface area (Å²) in [5.41, 5.74) is 25.8. The molecule has 6 nitrogen and oxygen atoms in total. The van der Waals surface area contributed by atoms with Gasteiger partial charge in [-0.2, -0.15) is 0 Å². The van der Waals surface area contributed by atoms with E-state index in [0.717, 1.165) is 144 Å². The first-order chi connectivity index (χ1) is 50.1. The average molecular weight is 1350 g/mol. The molecule has 0 N–H and O–H groups in total. The average Bonchev–Trinajstić information content (AvgIpc) is 1.49. The lowest BCUT2D eigenvalue weighted by Gasteiger charge is -2.27. The Morgan fingerprint density at radius 1 is 0.240 bits per heavy atom. The molecule has 0 fully saturated rings. The third-order valence-corrected chi connectivity index (χ3v) is 21.6. The van der Waals surface area contributed by atoms with Gasteiger partial charge in [0.05, 0.1) is 33.4 Å². The maximum absolute atomic E-state index is 7.44. The van der Waals surface area contributed by atoms with Crippen LogP contribution < -0.4 is 9.80 Å². The van der Waals surface area contributed by atoms with Gasteiger partial charge in [0.25, 0.3) is 0 Å². The van der Waals surface area contributed by atoms with Crippen LogP contribution in [-0.2, 0) is 21.7 Å². The highest BCUT2D eigenvalue weighted by Gasteiger charge is 2.30. The molecular weight excluding hydrogens is 1270 g/mol. The number of rotatable bonds is 10. The van der Waals surface area contributed by atoms with Crippen LogP contribution in [0.3, 0.4) is 0 Å². The lowest BCUT2D eigenvalue weighted by atomic mass is 9.80. The molecule has 0 amide bonds. The van der Waals surface area contributed by atoms with Gasteiger partial charge in [-0.15, -0.1) is 0 Å². The molecule has 0 aliphatic heterocycles. The van der Waals surface area contributed by atoms with E-state index >= 15 is 0 Å². The van der Waals surface area contributed by atoms with E-state index in [1.54, 1.807) is 0 Å². The highest BCUT2D eigenvalue weighted by Crippen LogP contribution is 2.53. The van der Waals surface area contributed by atoms with Crippen LogP contribution in [0.15, 0.2) is 300 Å². The summed E-state index contributed by atoms with van der Waals surface area (Å²) in [5, 5.41) is 11.0. The van der Waals surface area contributed by atoms with Crippen molar-refractivity contribution in [3.8, 4) is 33.6 Å².